The van der Waals surface area contributed by atoms with Crippen LogP contribution in [0.25, 0.3) is 0 Å². The normalized spacial score (nSPS) is 19.8. The number of Topliss-reactive ketones (excluding diaryl/α,β-unsaturated/α-hetero) is 1. The number of hydrogen-bond donors (Lipinski definition) is 1. The first-order chi connectivity index (χ1) is 15.2. The van der Waals surface area contributed by atoms with Crippen LogP contribution in [0.15, 0.2) is 59.8 Å². The van der Waals surface area contributed by atoms with E-state index in [1.165, 1.54) is 0 Å². The summed E-state index contributed by atoms with van der Waals surface area (Å²) >= 11 is 0. The quantitative estimate of drug-likeness (QED) is 0.641. The number of carbonyl (C=O) groups excluding carboxylic acids is 2. The summed E-state index contributed by atoms with van der Waals surface area (Å²) < 4.78 is 5.82. The Balaban J connectivity index is 1.93. The highest BCUT2D eigenvalue weighted by Crippen LogP contribution is 2.48. The molecule has 5 heteroatoms. The van der Waals surface area contributed by atoms with Crippen LogP contribution in [0, 0.1) is 5.41 Å². The molecule has 168 valence electrons. The van der Waals surface area contributed by atoms with E-state index in [1.807, 2.05) is 69.3 Å². The number of carbonyl (C=O) groups is 2. The van der Waals surface area contributed by atoms with Crippen LogP contribution in [-0.2, 0) is 9.59 Å². The summed E-state index contributed by atoms with van der Waals surface area (Å²) in [6.07, 6.45) is 1.64. The van der Waals surface area contributed by atoms with Crippen LogP contribution in [0.1, 0.15) is 65.5 Å². The average molecular weight is 433 g/mol. The number of nitrogens with zero attached hydrogens (tertiary/aromatic N) is 1. The molecule has 1 aliphatic heterocycles. The van der Waals surface area contributed by atoms with E-state index in [-0.39, 0.29) is 23.2 Å². The minimum atomic E-state index is -0.481. The van der Waals surface area contributed by atoms with Gasteiger partial charge in [0.25, 0.3) is 0 Å². The number of allylic oxidation sites excluding steroid dienone is 1. The molecule has 0 saturated heterocycles. The summed E-state index contributed by atoms with van der Waals surface area (Å²) in [6.45, 7) is 10.1. The Bertz CT molecular complexity index is 1070. The minimum Gasteiger partial charge on any atom is -0.491 e. The standard InChI is InChI=1S/C27H32N2O3/c1-6-24(31)29-22-10-8-7-9-20(22)28-21-15-27(4,5)16-23(30)25(21)26(29)18-11-13-19(14-12-18)32-17(2)3/h7-14,17,26,28H,6,15-16H2,1-5H3/t26-/m0/s1. The molecular weight excluding hydrogens is 400 g/mol. The molecule has 2 aromatic carbocycles. The molecule has 0 radical (unpaired) electrons. The lowest BCUT2D eigenvalue weighted by Gasteiger charge is -2.37. The average Bonchev–Trinajstić information content (AvgIpc) is 2.86. The van der Waals surface area contributed by atoms with E-state index < -0.39 is 6.04 Å². The highest BCUT2D eigenvalue weighted by atomic mass is 16.5. The lowest BCUT2D eigenvalue weighted by atomic mass is 9.73. The van der Waals surface area contributed by atoms with E-state index >= 15 is 0 Å². The van der Waals surface area contributed by atoms with Gasteiger partial charge in [0, 0.05) is 24.1 Å². The Hall–Kier alpha value is -3.08. The van der Waals surface area contributed by atoms with Crippen molar-refractivity contribution in [3.05, 3.63) is 65.4 Å². The van der Waals surface area contributed by atoms with Crippen molar-refractivity contribution in [3.63, 3.8) is 0 Å². The maximum absolute atomic E-state index is 13.5. The van der Waals surface area contributed by atoms with Crippen molar-refractivity contribution in [3.8, 4) is 5.75 Å². The minimum absolute atomic E-state index is 0.0156. The van der Waals surface area contributed by atoms with Crippen molar-refractivity contribution in [2.24, 2.45) is 5.41 Å². The maximum Gasteiger partial charge on any atom is 0.227 e. The highest BCUT2D eigenvalue weighted by Gasteiger charge is 2.42. The molecule has 0 fully saturated rings. The van der Waals surface area contributed by atoms with E-state index in [0.29, 0.717) is 18.4 Å². The van der Waals surface area contributed by atoms with Gasteiger partial charge in [0.05, 0.1) is 23.5 Å². The summed E-state index contributed by atoms with van der Waals surface area (Å²) in [5.74, 6) is 0.852. The molecule has 0 spiro atoms. The monoisotopic (exact) mass is 432 g/mol. The molecule has 1 amide bonds. The number of ketones is 1. The molecule has 2 aliphatic rings. The van der Waals surface area contributed by atoms with Crippen LogP contribution in [0.3, 0.4) is 0 Å². The molecule has 5 nitrogen and oxygen atoms in total. The molecule has 1 atom stereocenters. The number of benzene rings is 2. The van der Waals surface area contributed by atoms with Gasteiger partial charge in [-0.15, -0.1) is 0 Å². The fraction of sp³-hybridized carbons (Fsp3) is 0.407. The van der Waals surface area contributed by atoms with Gasteiger partial charge in [0.2, 0.25) is 5.91 Å². The molecule has 0 unspecified atom stereocenters. The van der Waals surface area contributed by atoms with Gasteiger partial charge >= 0.3 is 0 Å². The number of hydrogen-bond acceptors (Lipinski definition) is 4. The van der Waals surface area contributed by atoms with E-state index in [0.717, 1.165) is 34.8 Å². The van der Waals surface area contributed by atoms with Crippen LogP contribution >= 0.6 is 0 Å². The van der Waals surface area contributed by atoms with Crippen molar-refractivity contribution >= 4 is 23.1 Å². The molecule has 0 aromatic heterocycles. The van der Waals surface area contributed by atoms with E-state index in [9.17, 15) is 9.59 Å². The van der Waals surface area contributed by atoms with Crippen molar-refractivity contribution in [2.75, 3.05) is 10.2 Å². The zero-order valence-corrected chi connectivity index (χ0v) is 19.6. The zero-order chi connectivity index (χ0) is 23.0. The Morgan fingerprint density at radius 1 is 1.12 bits per heavy atom. The van der Waals surface area contributed by atoms with Crippen molar-refractivity contribution in [1.82, 2.24) is 0 Å². The van der Waals surface area contributed by atoms with Gasteiger partial charge in [0.1, 0.15) is 5.75 Å². The molecule has 32 heavy (non-hydrogen) atoms. The van der Waals surface area contributed by atoms with Crippen LogP contribution < -0.4 is 15.0 Å². The number of para-hydroxylation sites is 2. The number of ether oxygens (including phenoxy) is 1. The second kappa shape index (κ2) is 8.45. The molecule has 1 heterocycles. The largest absolute Gasteiger partial charge is 0.491 e. The summed E-state index contributed by atoms with van der Waals surface area (Å²) in [6, 6.07) is 15.1. The van der Waals surface area contributed by atoms with Gasteiger partial charge in [-0.1, -0.05) is 45.0 Å². The van der Waals surface area contributed by atoms with Crippen LogP contribution in [0.4, 0.5) is 11.4 Å². The number of rotatable bonds is 4. The Labute approximate surface area is 190 Å². The molecule has 1 aliphatic carbocycles. The number of nitrogens with one attached hydrogen (secondary N) is 1. The fourth-order valence-corrected chi connectivity index (χ4v) is 4.75. The van der Waals surface area contributed by atoms with Crippen molar-refractivity contribution < 1.29 is 14.3 Å². The highest BCUT2D eigenvalue weighted by molar-refractivity contribution is 6.06. The van der Waals surface area contributed by atoms with Gasteiger partial charge in [-0.3, -0.25) is 14.5 Å². The van der Waals surface area contributed by atoms with E-state index in [1.54, 1.807) is 4.90 Å². The lowest BCUT2D eigenvalue weighted by molar-refractivity contribution is -0.119. The third-order valence-corrected chi connectivity index (χ3v) is 6.04. The summed E-state index contributed by atoms with van der Waals surface area (Å²) in [4.78, 5) is 28.7. The molecular formula is C27H32N2O3. The summed E-state index contributed by atoms with van der Waals surface area (Å²) in [7, 11) is 0. The number of amides is 1. The van der Waals surface area contributed by atoms with Crippen LogP contribution in [-0.4, -0.2) is 17.8 Å². The zero-order valence-electron chi connectivity index (χ0n) is 19.6. The first kappa shape index (κ1) is 22.1. The van der Waals surface area contributed by atoms with Crippen LogP contribution in [0.5, 0.6) is 5.75 Å². The second-order valence-corrected chi connectivity index (χ2v) is 9.73. The van der Waals surface area contributed by atoms with Crippen molar-refractivity contribution in [2.45, 2.75) is 66.0 Å². The first-order valence-electron chi connectivity index (χ1n) is 11.4. The molecule has 2 aromatic rings. The number of anilines is 2. The first-order valence-corrected chi connectivity index (χ1v) is 11.4. The molecule has 0 saturated carbocycles. The lowest BCUT2D eigenvalue weighted by Crippen LogP contribution is -2.39. The predicted octanol–water partition coefficient (Wildman–Crippen LogP) is 6.03. The fourth-order valence-electron chi connectivity index (χ4n) is 4.75. The van der Waals surface area contributed by atoms with Gasteiger partial charge in [-0.05, 0) is 55.5 Å². The van der Waals surface area contributed by atoms with E-state index in [4.69, 9.17) is 4.74 Å². The van der Waals surface area contributed by atoms with Gasteiger partial charge < -0.3 is 10.1 Å². The topological polar surface area (TPSA) is 58.6 Å². The van der Waals surface area contributed by atoms with Gasteiger partial charge in [-0.2, -0.15) is 0 Å². The molecule has 4 rings (SSSR count). The summed E-state index contributed by atoms with van der Waals surface area (Å²) in [5.41, 5.74) is 4.03. The Morgan fingerprint density at radius 2 is 1.81 bits per heavy atom. The molecule has 1 N–H and O–H groups in total. The number of fused-ring (bicyclic) bond motifs is 1. The van der Waals surface area contributed by atoms with Crippen molar-refractivity contribution in [1.29, 1.82) is 0 Å². The van der Waals surface area contributed by atoms with Gasteiger partial charge in [-0.25, -0.2) is 0 Å². The molecule has 0 bridgehead atoms. The third-order valence-electron chi connectivity index (χ3n) is 6.04. The Kier molecular flexibility index (Phi) is 5.85. The Morgan fingerprint density at radius 3 is 2.47 bits per heavy atom. The SMILES string of the molecule is CCC(=O)N1c2ccccc2NC2=C(C(=O)CC(C)(C)C2)[C@@H]1c1ccc(OC(C)C)cc1. The van der Waals surface area contributed by atoms with Gasteiger partial charge in [0.15, 0.2) is 5.78 Å². The van der Waals surface area contributed by atoms with E-state index in [2.05, 4.69) is 19.2 Å². The van der Waals surface area contributed by atoms with Crippen LogP contribution in [0.2, 0.25) is 0 Å². The maximum atomic E-state index is 13.5. The predicted molar refractivity (Wildman–Crippen MR) is 128 cm³/mol. The smallest absolute Gasteiger partial charge is 0.227 e. The summed E-state index contributed by atoms with van der Waals surface area (Å²) in [5, 5.41) is 3.53. The second-order valence-electron chi connectivity index (χ2n) is 9.73. The third kappa shape index (κ3) is 4.16.